The van der Waals surface area contributed by atoms with Crippen LogP contribution in [0.15, 0.2) is 6.07 Å². The Bertz CT molecular complexity index is 532. The number of anilines is 1. The molecule has 0 radical (unpaired) electrons. The number of aromatic nitrogens is 5. The molecule has 2 heterocycles. The minimum atomic E-state index is 0.0674. The van der Waals surface area contributed by atoms with Gasteiger partial charge in [-0.2, -0.15) is 15.1 Å². The molecule has 2 rings (SSSR count). The summed E-state index contributed by atoms with van der Waals surface area (Å²) in [4.78, 5) is 11.7. The molecule has 3 N–H and O–H groups in total. The first-order valence-corrected chi connectivity index (χ1v) is 5.07. The zero-order valence-corrected chi connectivity index (χ0v) is 10.2. The molecule has 0 saturated carbocycles. The summed E-state index contributed by atoms with van der Waals surface area (Å²) in [5.41, 5.74) is 3.13. The lowest BCUT2D eigenvalue weighted by molar-refractivity contribution is 0.351. The molecule has 2 aromatic rings. The number of nitrogens with two attached hydrogens (primary N) is 1. The molecule has 18 heavy (non-hydrogen) atoms. The summed E-state index contributed by atoms with van der Waals surface area (Å²) in [7, 11) is 3.19. The van der Waals surface area contributed by atoms with Crippen LogP contribution in [0.1, 0.15) is 5.69 Å². The van der Waals surface area contributed by atoms with Crippen molar-refractivity contribution in [1.82, 2.24) is 24.7 Å². The first-order valence-electron chi connectivity index (χ1n) is 5.07. The van der Waals surface area contributed by atoms with Crippen LogP contribution in [0.4, 0.5) is 5.95 Å². The van der Waals surface area contributed by atoms with Crippen molar-refractivity contribution in [1.29, 1.82) is 0 Å². The minimum absolute atomic E-state index is 0.0674. The van der Waals surface area contributed by atoms with Crippen LogP contribution in [0.2, 0.25) is 0 Å². The Kier molecular flexibility index (Phi) is 3.24. The van der Waals surface area contributed by atoms with E-state index in [1.165, 1.54) is 7.11 Å². The predicted octanol–water partition coefficient (Wildman–Crippen LogP) is 0.0000200. The second kappa shape index (κ2) is 4.84. The lowest BCUT2D eigenvalue weighted by Gasteiger charge is -2.06. The number of hydrazine groups is 1. The molecule has 0 atom stereocenters. The monoisotopic (exact) mass is 251 g/mol. The van der Waals surface area contributed by atoms with E-state index >= 15 is 0 Å². The van der Waals surface area contributed by atoms with E-state index in [1.54, 1.807) is 17.8 Å². The minimum Gasteiger partial charge on any atom is -0.467 e. The lowest BCUT2D eigenvalue weighted by Crippen LogP contribution is -2.12. The van der Waals surface area contributed by atoms with Gasteiger partial charge in [0.2, 0.25) is 11.8 Å². The quantitative estimate of drug-likeness (QED) is 0.576. The number of hydrogen-bond acceptors (Lipinski definition) is 8. The third-order valence-electron chi connectivity index (χ3n) is 2.06. The topological polar surface area (TPSA) is 113 Å². The molecule has 0 bridgehead atoms. The van der Waals surface area contributed by atoms with Crippen molar-refractivity contribution in [2.75, 3.05) is 12.5 Å². The summed E-state index contributed by atoms with van der Waals surface area (Å²) in [6.45, 7) is 1.85. The number of aryl methyl sites for hydroxylation is 2. The van der Waals surface area contributed by atoms with E-state index in [0.29, 0.717) is 5.88 Å². The van der Waals surface area contributed by atoms with Gasteiger partial charge < -0.3 is 9.47 Å². The molecule has 0 aromatic carbocycles. The van der Waals surface area contributed by atoms with E-state index in [-0.39, 0.29) is 18.0 Å². The molecular formula is C9H13N7O2. The van der Waals surface area contributed by atoms with Gasteiger partial charge in [0.15, 0.2) is 0 Å². The van der Waals surface area contributed by atoms with Gasteiger partial charge in [-0.1, -0.05) is 0 Å². The largest absolute Gasteiger partial charge is 0.467 e. The molecule has 0 amide bonds. The fourth-order valence-corrected chi connectivity index (χ4v) is 1.32. The summed E-state index contributed by atoms with van der Waals surface area (Å²) >= 11 is 0. The highest BCUT2D eigenvalue weighted by atomic mass is 16.5. The molecule has 0 aliphatic heterocycles. The lowest BCUT2D eigenvalue weighted by atomic mass is 10.5. The standard InChI is InChI=1S/C9H13N7O2/c1-5-4-6(16(2)15-5)18-9-12-7(14-10)11-8(13-9)17-3/h4H,10H2,1-3H3,(H,11,12,13,14). The normalized spacial score (nSPS) is 10.2. The predicted molar refractivity (Wildman–Crippen MR) is 62.2 cm³/mol. The highest BCUT2D eigenvalue weighted by Gasteiger charge is 2.10. The number of hydrogen-bond donors (Lipinski definition) is 2. The summed E-state index contributed by atoms with van der Waals surface area (Å²) in [5, 5.41) is 4.14. The Balaban J connectivity index is 2.30. The molecule has 2 aromatic heterocycles. The molecule has 0 saturated heterocycles. The molecule has 9 heteroatoms. The Morgan fingerprint density at radius 3 is 2.56 bits per heavy atom. The molecule has 0 unspecified atom stereocenters. The summed E-state index contributed by atoms with van der Waals surface area (Å²) < 4.78 is 12.0. The van der Waals surface area contributed by atoms with Crippen molar-refractivity contribution in [2.24, 2.45) is 12.9 Å². The molecular weight excluding hydrogens is 238 g/mol. The van der Waals surface area contributed by atoms with Gasteiger partial charge in [0.1, 0.15) is 0 Å². The van der Waals surface area contributed by atoms with Crippen LogP contribution in [0.25, 0.3) is 0 Å². The SMILES string of the molecule is COc1nc(NN)nc(Oc2cc(C)nn2C)n1. The van der Waals surface area contributed by atoms with Crippen molar-refractivity contribution >= 4 is 5.95 Å². The Morgan fingerprint density at radius 2 is 2.00 bits per heavy atom. The smallest absolute Gasteiger partial charge is 0.331 e. The van der Waals surface area contributed by atoms with Crippen LogP contribution in [0, 0.1) is 6.92 Å². The Morgan fingerprint density at radius 1 is 1.28 bits per heavy atom. The van der Waals surface area contributed by atoms with E-state index in [1.807, 2.05) is 6.92 Å². The first-order chi connectivity index (χ1) is 8.62. The van der Waals surface area contributed by atoms with Gasteiger partial charge in [-0.05, 0) is 6.92 Å². The van der Waals surface area contributed by atoms with Crippen LogP contribution in [-0.2, 0) is 7.05 Å². The second-order valence-corrected chi connectivity index (χ2v) is 3.42. The average Bonchev–Trinajstić information content (AvgIpc) is 2.67. The number of ether oxygens (including phenoxy) is 2. The fourth-order valence-electron chi connectivity index (χ4n) is 1.32. The number of methoxy groups -OCH3 is 1. The third kappa shape index (κ3) is 2.46. The van der Waals surface area contributed by atoms with Crippen molar-refractivity contribution in [3.8, 4) is 17.9 Å². The van der Waals surface area contributed by atoms with Crippen molar-refractivity contribution in [3.63, 3.8) is 0 Å². The van der Waals surface area contributed by atoms with E-state index in [2.05, 4.69) is 25.5 Å². The number of nitrogens with zero attached hydrogens (tertiary/aromatic N) is 5. The van der Waals surface area contributed by atoms with Gasteiger partial charge in [-0.25, -0.2) is 10.5 Å². The van der Waals surface area contributed by atoms with Crippen molar-refractivity contribution in [2.45, 2.75) is 6.92 Å². The maximum Gasteiger partial charge on any atom is 0.331 e. The summed E-state index contributed by atoms with van der Waals surface area (Å²) in [6.07, 6.45) is 0. The second-order valence-electron chi connectivity index (χ2n) is 3.42. The zero-order valence-electron chi connectivity index (χ0n) is 10.2. The molecule has 0 fully saturated rings. The van der Waals surface area contributed by atoms with Crippen molar-refractivity contribution in [3.05, 3.63) is 11.8 Å². The maximum atomic E-state index is 5.48. The van der Waals surface area contributed by atoms with Crippen LogP contribution < -0.4 is 20.7 Å². The Labute approximate surface area is 103 Å². The molecule has 9 nitrogen and oxygen atoms in total. The first kappa shape index (κ1) is 12.0. The molecule has 0 aliphatic carbocycles. The van der Waals surface area contributed by atoms with Gasteiger partial charge in [-0.15, -0.1) is 4.98 Å². The molecule has 0 aliphatic rings. The number of nitrogens with one attached hydrogen (secondary N) is 1. The zero-order chi connectivity index (χ0) is 13.1. The van der Waals surface area contributed by atoms with Gasteiger partial charge in [0.05, 0.1) is 12.8 Å². The number of nitrogen functional groups attached to an aromatic ring is 1. The Hall–Kier alpha value is -2.42. The third-order valence-corrected chi connectivity index (χ3v) is 2.06. The molecule has 0 spiro atoms. The average molecular weight is 251 g/mol. The van der Waals surface area contributed by atoms with Crippen molar-refractivity contribution < 1.29 is 9.47 Å². The van der Waals surface area contributed by atoms with E-state index < -0.39 is 0 Å². The van der Waals surface area contributed by atoms with E-state index in [4.69, 9.17) is 15.3 Å². The highest BCUT2D eigenvalue weighted by molar-refractivity contribution is 5.27. The van der Waals surface area contributed by atoms with E-state index in [0.717, 1.165) is 5.69 Å². The fraction of sp³-hybridized carbons (Fsp3) is 0.333. The van der Waals surface area contributed by atoms with Crippen LogP contribution >= 0.6 is 0 Å². The van der Waals surface area contributed by atoms with Crippen LogP contribution in [0.3, 0.4) is 0 Å². The summed E-state index contributed by atoms with van der Waals surface area (Å²) in [6, 6.07) is 1.93. The highest BCUT2D eigenvalue weighted by Crippen LogP contribution is 2.20. The maximum absolute atomic E-state index is 5.48. The van der Waals surface area contributed by atoms with E-state index in [9.17, 15) is 0 Å². The van der Waals surface area contributed by atoms with Gasteiger partial charge >= 0.3 is 12.0 Å². The van der Waals surface area contributed by atoms with Gasteiger partial charge in [0.25, 0.3) is 0 Å². The van der Waals surface area contributed by atoms with Gasteiger partial charge in [-0.3, -0.25) is 5.43 Å². The van der Waals surface area contributed by atoms with Crippen LogP contribution in [-0.4, -0.2) is 31.8 Å². The molecule has 96 valence electrons. The summed E-state index contributed by atoms with van der Waals surface area (Å²) in [5.74, 6) is 5.89. The van der Waals surface area contributed by atoms with Gasteiger partial charge in [0, 0.05) is 13.1 Å². The number of rotatable bonds is 4. The van der Waals surface area contributed by atoms with Crippen LogP contribution in [0.5, 0.6) is 17.9 Å².